The van der Waals surface area contributed by atoms with Crippen LogP contribution in [0, 0.1) is 11.7 Å². The third-order valence-electron chi connectivity index (χ3n) is 5.56. The highest BCUT2D eigenvalue weighted by molar-refractivity contribution is 5.68. The molecule has 2 heterocycles. The zero-order chi connectivity index (χ0) is 20.6. The number of rotatable bonds is 4. The van der Waals surface area contributed by atoms with Gasteiger partial charge in [0.15, 0.2) is 5.82 Å². The summed E-state index contributed by atoms with van der Waals surface area (Å²) in [7, 11) is 0. The number of hydrogen-bond donors (Lipinski definition) is 0. The highest BCUT2D eigenvalue weighted by Crippen LogP contribution is 2.41. The van der Waals surface area contributed by atoms with Gasteiger partial charge in [0, 0.05) is 19.0 Å². The van der Waals surface area contributed by atoms with E-state index in [2.05, 4.69) is 10.1 Å². The molecule has 1 aromatic carbocycles. The molecular formula is C22H28FN3O3. The average molecular weight is 401 g/mol. The fourth-order valence-electron chi connectivity index (χ4n) is 3.91. The summed E-state index contributed by atoms with van der Waals surface area (Å²) in [6.07, 6.45) is 3.52. The number of aromatic nitrogens is 2. The summed E-state index contributed by atoms with van der Waals surface area (Å²) in [6.45, 7) is 6.83. The van der Waals surface area contributed by atoms with Crippen LogP contribution in [-0.2, 0) is 4.74 Å². The number of halogens is 1. The van der Waals surface area contributed by atoms with Gasteiger partial charge in [-0.15, -0.1) is 0 Å². The SMILES string of the molecule is CC(C)(C)OC(=O)N1CCC(C(c2ccc(F)cc2)c2nc(C3CC3)no2)CC1. The Morgan fingerprint density at radius 2 is 1.83 bits per heavy atom. The van der Waals surface area contributed by atoms with Gasteiger partial charge in [0.05, 0.1) is 5.92 Å². The zero-order valence-electron chi connectivity index (χ0n) is 17.2. The topological polar surface area (TPSA) is 68.5 Å². The summed E-state index contributed by atoms with van der Waals surface area (Å²) >= 11 is 0. The zero-order valence-corrected chi connectivity index (χ0v) is 17.2. The Kier molecular flexibility index (Phi) is 5.32. The second-order valence-electron chi connectivity index (χ2n) is 9.10. The molecule has 2 aliphatic rings. The van der Waals surface area contributed by atoms with Gasteiger partial charge in [0.2, 0.25) is 5.89 Å². The highest BCUT2D eigenvalue weighted by Gasteiger charge is 2.36. The molecule has 156 valence electrons. The largest absolute Gasteiger partial charge is 0.444 e. The minimum atomic E-state index is -0.506. The van der Waals surface area contributed by atoms with E-state index in [1.54, 1.807) is 17.0 Å². The first kappa shape index (κ1) is 19.9. The minimum absolute atomic E-state index is 0.101. The van der Waals surface area contributed by atoms with Crippen LogP contribution < -0.4 is 0 Å². The maximum Gasteiger partial charge on any atom is 0.410 e. The van der Waals surface area contributed by atoms with E-state index in [0.29, 0.717) is 24.9 Å². The normalized spacial score (nSPS) is 19.2. The molecule has 29 heavy (non-hydrogen) atoms. The van der Waals surface area contributed by atoms with Crippen LogP contribution in [0.5, 0.6) is 0 Å². The van der Waals surface area contributed by atoms with Gasteiger partial charge in [-0.3, -0.25) is 0 Å². The van der Waals surface area contributed by atoms with Crippen molar-refractivity contribution in [1.82, 2.24) is 15.0 Å². The van der Waals surface area contributed by atoms with Crippen molar-refractivity contribution < 1.29 is 18.4 Å². The minimum Gasteiger partial charge on any atom is -0.444 e. The molecule has 1 amide bonds. The van der Waals surface area contributed by atoms with Crippen molar-refractivity contribution in [2.75, 3.05) is 13.1 Å². The van der Waals surface area contributed by atoms with Gasteiger partial charge in [-0.1, -0.05) is 17.3 Å². The predicted octanol–water partition coefficient (Wildman–Crippen LogP) is 4.87. The fraction of sp³-hybridized carbons (Fsp3) is 0.591. The molecule has 7 heteroatoms. The van der Waals surface area contributed by atoms with Crippen LogP contribution in [0.25, 0.3) is 0 Å². The van der Waals surface area contributed by atoms with Gasteiger partial charge in [-0.2, -0.15) is 4.98 Å². The van der Waals surface area contributed by atoms with Crippen LogP contribution in [0.4, 0.5) is 9.18 Å². The summed E-state index contributed by atoms with van der Waals surface area (Å²) in [4.78, 5) is 18.8. The molecule has 6 nitrogen and oxygen atoms in total. The molecule has 1 aliphatic heterocycles. The van der Waals surface area contributed by atoms with E-state index in [9.17, 15) is 9.18 Å². The Labute approximate surface area is 170 Å². The van der Waals surface area contributed by atoms with Gasteiger partial charge in [0.25, 0.3) is 0 Å². The summed E-state index contributed by atoms with van der Waals surface area (Å²) in [6, 6.07) is 6.52. The van der Waals surface area contributed by atoms with Gasteiger partial charge < -0.3 is 14.2 Å². The maximum atomic E-state index is 13.5. The number of hydrogen-bond acceptors (Lipinski definition) is 5. The van der Waals surface area contributed by atoms with Crippen LogP contribution in [0.15, 0.2) is 28.8 Å². The van der Waals surface area contributed by atoms with E-state index in [1.165, 1.54) is 12.1 Å². The Hall–Kier alpha value is -2.44. The summed E-state index contributed by atoms with van der Waals surface area (Å²) in [5.74, 6) is 1.64. The van der Waals surface area contributed by atoms with Crippen molar-refractivity contribution in [3.63, 3.8) is 0 Å². The number of carbonyl (C=O) groups excluding carboxylic acids is 1. The van der Waals surface area contributed by atoms with Crippen molar-refractivity contribution in [2.24, 2.45) is 5.92 Å². The molecular weight excluding hydrogens is 373 g/mol. The average Bonchev–Trinajstić information content (AvgIpc) is 3.41. The molecule has 0 spiro atoms. The number of likely N-dealkylation sites (tertiary alicyclic amines) is 1. The van der Waals surface area contributed by atoms with E-state index in [-0.39, 0.29) is 23.7 Å². The Morgan fingerprint density at radius 1 is 1.17 bits per heavy atom. The molecule has 2 fully saturated rings. The summed E-state index contributed by atoms with van der Waals surface area (Å²) in [5.41, 5.74) is 0.459. The summed E-state index contributed by atoms with van der Waals surface area (Å²) in [5, 5.41) is 4.18. The lowest BCUT2D eigenvalue weighted by Crippen LogP contribution is -2.42. The molecule has 1 saturated heterocycles. The monoisotopic (exact) mass is 401 g/mol. The second-order valence-corrected chi connectivity index (χ2v) is 9.10. The number of piperidine rings is 1. The van der Waals surface area contributed by atoms with E-state index < -0.39 is 5.60 Å². The van der Waals surface area contributed by atoms with Crippen molar-refractivity contribution in [3.8, 4) is 0 Å². The van der Waals surface area contributed by atoms with Gasteiger partial charge in [-0.25, -0.2) is 9.18 Å². The van der Waals surface area contributed by atoms with Crippen LogP contribution in [-0.4, -0.2) is 39.8 Å². The lowest BCUT2D eigenvalue weighted by Gasteiger charge is -2.35. The molecule has 0 radical (unpaired) electrons. The smallest absolute Gasteiger partial charge is 0.410 e. The molecule has 0 bridgehead atoms. The Balaban J connectivity index is 1.51. The molecule has 1 aliphatic carbocycles. The number of amides is 1. The van der Waals surface area contributed by atoms with Crippen molar-refractivity contribution in [1.29, 1.82) is 0 Å². The van der Waals surface area contributed by atoms with E-state index in [4.69, 9.17) is 9.26 Å². The van der Waals surface area contributed by atoms with Crippen molar-refractivity contribution in [3.05, 3.63) is 47.4 Å². The van der Waals surface area contributed by atoms with E-state index in [1.807, 2.05) is 20.8 Å². The highest BCUT2D eigenvalue weighted by atomic mass is 19.1. The number of ether oxygens (including phenoxy) is 1. The lowest BCUT2D eigenvalue weighted by molar-refractivity contribution is 0.0175. The first-order chi connectivity index (χ1) is 13.8. The van der Waals surface area contributed by atoms with Crippen molar-refractivity contribution in [2.45, 2.75) is 63.9 Å². The van der Waals surface area contributed by atoms with Gasteiger partial charge in [-0.05, 0) is 70.1 Å². The first-order valence-corrected chi connectivity index (χ1v) is 10.4. The molecule has 1 unspecified atom stereocenters. The standard InChI is InChI=1S/C22H28FN3O3/c1-22(2,3)28-21(27)26-12-10-15(11-13-26)18(14-6-8-17(23)9-7-14)20-24-19(25-29-20)16-4-5-16/h6-9,15-16,18H,4-5,10-13H2,1-3H3. The summed E-state index contributed by atoms with van der Waals surface area (Å²) < 4.78 is 24.6. The predicted molar refractivity (Wildman–Crippen MR) is 105 cm³/mol. The quantitative estimate of drug-likeness (QED) is 0.731. The Bertz CT molecular complexity index is 847. The molecule has 1 saturated carbocycles. The van der Waals surface area contributed by atoms with E-state index >= 15 is 0 Å². The molecule has 0 N–H and O–H groups in total. The first-order valence-electron chi connectivity index (χ1n) is 10.4. The molecule has 1 aromatic heterocycles. The number of benzene rings is 1. The van der Waals surface area contributed by atoms with Crippen molar-refractivity contribution >= 4 is 6.09 Å². The van der Waals surface area contributed by atoms with Gasteiger partial charge >= 0.3 is 6.09 Å². The third kappa shape index (κ3) is 4.77. The van der Waals surface area contributed by atoms with Crippen LogP contribution in [0.1, 0.15) is 75.6 Å². The molecule has 2 aromatic rings. The second kappa shape index (κ2) is 7.76. The van der Waals surface area contributed by atoms with Crippen LogP contribution in [0.2, 0.25) is 0 Å². The molecule has 1 atom stereocenters. The lowest BCUT2D eigenvalue weighted by atomic mass is 9.80. The Morgan fingerprint density at radius 3 is 2.41 bits per heavy atom. The van der Waals surface area contributed by atoms with Crippen LogP contribution >= 0.6 is 0 Å². The number of carbonyl (C=O) groups is 1. The maximum absolute atomic E-state index is 13.5. The van der Waals surface area contributed by atoms with Crippen LogP contribution in [0.3, 0.4) is 0 Å². The van der Waals surface area contributed by atoms with E-state index in [0.717, 1.165) is 37.1 Å². The number of nitrogens with zero attached hydrogens (tertiary/aromatic N) is 3. The fourth-order valence-corrected chi connectivity index (χ4v) is 3.91. The van der Waals surface area contributed by atoms with Gasteiger partial charge in [0.1, 0.15) is 11.4 Å². The molecule has 4 rings (SSSR count). The third-order valence-corrected chi connectivity index (χ3v) is 5.56.